The fourth-order valence-electron chi connectivity index (χ4n) is 1.91. The molecule has 1 heterocycles. The molecule has 1 aromatic heterocycles. The first-order chi connectivity index (χ1) is 6.77. The second-order valence-electron chi connectivity index (χ2n) is 3.66. The standard InChI is InChI=1S/C11H12ClNO/c12-8-5-6-13-10(7-8)9-3-1-2-4-11(9)14/h5-7,9H,1-4H2. The highest BCUT2D eigenvalue weighted by molar-refractivity contribution is 6.30. The molecular weight excluding hydrogens is 198 g/mol. The summed E-state index contributed by atoms with van der Waals surface area (Å²) in [5, 5.41) is 0.661. The quantitative estimate of drug-likeness (QED) is 0.712. The maximum Gasteiger partial charge on any atom is 0.141 e. The first-order valence-electron chi connectivity index (χ1n) is 4.91. The lowest BCUT2D eigenvalue weighted by molar-refractivity contribution is -0.121. The van der Waals surface area contributed by atoms with E-state index in [0.717, 1.165) is 25.0 Å². The molecule has 1 aliphatic rings. The van der Waals surface area contributed by atoms with Crippen LogP contribution in [0.2, 0.25) is 5.02 Å². The van der Waals surface area contributed by atoms with Crippen molar-refractivity contribution in [2.45, 2.75) is 31.6 Å². The van der Waals surface area contributed by atoms with Crippen LogP contribution in [-0.4, -0.2) is 10.8 Å². The molecule has 0 saturated heterocycles. The smallest absolute Gasteiger partial charge is 0.141 e. The van der Waals surface area contributed by atoms with Gasteiger partial charge in [0.2, 0.25) is 0 Å². The number of carbonyl (C=O) groups is 1. The van der Waals surface area contributed by atoms with Gasteiger partial charge in [0.25, 0.3) is 0 Å². The maximum absolute atomic E-state index is 11.6. The summed E-state index contributed by atoms with van der Waals surface area (Å²) >= 11 is 5.86. The number of aromatic nitrogens is 1. The number of carbonyl (C=O) groups excluding carboxylic acids is 1. The summed E-state index contributed by atoms with van der Waals surface area (Å²) < 4.78 is 0. The minimum absolute atomic E-state index is 0.0116. The number of pyridine rings is 1. The third kappa shape index (κ3) is 1.95. The van der Waals surface area contributed by atoms with Gasteiger partial charge < -0.3 is 0 Å². The second kappa shape index (κ2) is 4.09. The molecule has 2 nitrogen and oxygen atoms in total. The fraction of sp³-hybridized carbons (Fsp3) is 0.455. The predicted molar refractivity (Wildman–Crippen MR) is 55.5 cm³/mol. The number of Topliss-reactive ketones (excluding diaryl/α,β-unsaturated/α-hetero) is 1. The van der Waals surface area contributed by atoms with Crippen molar-refractivity contribution in [3.8, 4) is 0 Å². The van der Waals surface area contributed by atoms with Crippen LogP contribution in [0.3, 0.4) is 0 Å². The van der Waals surface area contributed by atoms with Gasteiger partial charge in [-0.1, -0.05) is 18.0 Å². The first-order valence-corrected chi connectivity index (χ1v) is 5.29. The van der Waals surface area contributed by atoms with Gasteiger partial charge in [-0.3, -0.25) is 9.78 Å². The Kier molecular flexibility index (Phi) is 2.82. The number of halogens is 1. The predicted octanol–water partition coefficient (Wildman–Crippen LogP) is 2.96. The van der Waals surface area contributed by atoms with Gasteiger partial charge in [-0.05, 0) is 25.0 Å². The number of ketones is 1. The largest absolute Gasteiger partial charge is 0.299 e. The Morgan fingerprint density at radius 1 is 1.43 bits per heavy atom. The molecular formula is C11H12ClNO. The number of hydrogen-bond donors (Lipinski definition) is 0. The highest BCUT2D eigenvalue weighted by atomic mass is 35.5. The van der Waals surface area contributed by atoms with E-state index < -0.39 is 0 Å². The highest BCUT2D eigenvalue weighted by Gasteiger charge is 2.24. The van der Waals surface area contributed by atoms with E-state index in [-0.39, 0.29) is 5.92 Å². The Morgan fingerprint density at radius 2 is 2.29 bits per heavy atom. The van der Waals surface area contributed by atoms with Gasteiger partial charge >= 0.3 is 0 Å². The van der Waals surface area contributed by atoms with Crippen LogP contribution >= 0.6 is 11.6 Å². The molecule has 2 rings (SSSR count). The summed E-state index contributed by atoms with van der Waals surface area (Å²) in [7, 11) is 0. The molecule has 0 aromatic carbocycles. The van der Waals surface area contributed by atoms with Gasteiger partial charge in [0.1, 0.15) is 5.78 Å². The molecule has 74 valence electrons. The SMILES string of the molecule is O=C1CCCCC1c1cc(Cl)ccn1. The van der Waals surface area contributed by atoms with Crippen LogP contribution in [0.25, 0.3) is 0 Å². The topological polar surface area (TPSA) is 30.0 Å². The molecule has 1 fully saturated rings. The van der Waals surface area contributed by atoms with Crippen molar-refractivity contribution in [1.29, 1.82) is 0 Å². The number of nitrogens with zero attached hydrogens (tertiary/aromatic N) is 1. The van der Waals surface area contributed by atoms with Gasteiger partial charge in [-0.25, -0.2) is 0 Å². The summed E-state index contributed by atoms with van der Waals surface area (Å²) in [6, 6.07) is 3.54. The first kappa shape index (κ1) is 9.66. The Morgan fingerprint density at radius 3 is 3.00 bits per heavy atom. The molecule has 0 radical (unpaired) electrons. The average Bonchev–Trinajstić information content (AvgIpc) is 2.18. The fourth-order valence-corrected chi connectivity index (χ4v) is 2.08. The zero-order valence-corrected chi connectivity index (χ0v) is 8.63. The average molecular weight is 210 g/mol. The molecule has 1 atom stereocenters. The zero-order chi connectivity index (χ0) is 9.97. The third-order valence-corrected chi connectivity index (χ3v) is 2.89. The van der Waals surface area contributed by atoms with Crippen molar-refractivity contribution in [3.05, 3.63) is 29.0 Å². The van der Waals surface area contributed by atoms with Crippen molar-refractivity contribution < 1.29 is 4.79 Å². The van der Waals surface area contributed by atoms with Crippen molar-refractivity contribution in [2.75, 3.05) is 0 Å². The van der Waals surface area contributed by atoms with Gasteiger partial charge in [0, 0.05) is 17.6 Å². The number of rotatable bonds is 1. The minimum atomic E-state index is -0.0116. The van der Waals surface area contributed by atoms with E-state index in [1.54, 1.807) is 18.3 Å². The normalized spacial score (nSPS) is 22.4. The van der Waals surface area contributed by atoms with Crippen LogP contribution in [0.15, 0.2) is 18.3 Å². The van der Waals surface area contributed by atoms with Gasteiger partial charge in [0.05, 0.1) is 11.6 Å². The molecule has 1 unspecified atom stereocenters. The van der Waals surface area contributed by atoms with E-state index in [4.69, 9.17) is 11.6 Å². The van der Waals surface area contributed by atoms with E-state index in [2.05, 4.69) is 4.98 Å². The van der Waals surface area contributed by atoms with Crippen LogP contribution in [0.4, 0.5) is 0 Å². The lowest BCUT2D eigenvalue weighted by Crippen LogP contribution is -2.17. The van der Waals surface area contributed by atoms with Gasteiger partial charge in [-0.2, -0.15) is 0 Å². The van der Waals surface area contributed by atoms with Crippen molar-refractivity contribution in [2.24, 2.45) is 0 Å². The van der Waals surface area contributed by atoms with E-state index in [9.17, 15) is 4.79 Å². The van der Waals surface area contributed by atoms with Gasteiger partial charge in [0.15, 0.2) is 0 Å². The van der Waals surface area contributed by atoms with E-state index >= 15 is 0 Å². The molecule has 0 amide bonds. The second-order valence-corrected chi connectivity index (χ2v) is 4.10. The summed E-state index contributed by atoms with van der Waals surface area (Å²) in [4.78, 5) is 15.8. The molecule has 0 N–H and O–H groups in total. The maximum atomic E-state index is 11.6. The van der Waals surface area contributed by atoms with E-state index in [1.165, 1.54) is 0 Å². The molecule has 14 heavy (non-hydrogen) atoms. The lowest BCUT2D eigenvalue weighted by Gasteiger charge is -2.19. The Labute approximate surface area is 88.3 Å². The molecule has 0 spiro atoms. The molecule has 0 aliphatic heterocycles. The van der Waals surface area contributed by atoms with Gasteiger partial charge in [-0.15, -0.1) is 0 Å². The summed E-state index contributed by atoms with van der Waals surface area (Å²) in [6.45, 7) is 0. The van der Waals surface area contributed by atoms with Crippen LogP contribution in [0.1, 0.15) is 37.3 Å². The van der Waals surface area contributed by atoms with Crippen molar-refractivity contribution in [3.63, 3.8) is 0 Å². The zero-order valence-electron chi connectivity index (χ0n) is 7.87. The minimum Gasteiger partial charge on any atom is -0.299 e. The molecule has 0 bridgehead atoms. The van der Waals surface area contributed by atoms with Crippen molar-refractivity contribution in [1.82, 2.24) is 4.98 Å². The molecule has 3 heteroatoms. The third-order valence-electron chi connectivity index (χ3n) is 2.65. The van der Waals surface area contributed by atoms with Crippen LogP contribution in [-0.2, 0) is 4.79 Å². The van der Waals surface area contributed by atoms with Crippen molar-refractivity contribution >= 4 is 17.4 Å². The summed E-state index contributed by atoms with van der Waals surface area (Å²) in [5.74, 6) is 0.300. The monoisotopic (exact) mass is 209 g/mol. The van der Waals surface area contributed by atoms with E-state index in [0.29, 0.717) is 17.2 Å². The lowest BCUT2D eigenvalue weighted by atomic mass is 9.85. The Balaban J connectivity index is 2.24. The molecule has 1 aromatic rings. The molecule has 1 aliphatic carbocycles. The summed E-state index contributed by atoms with van der Waals surface area (Å²) in [6.07, 6.45) is 5.42. The molecule has 1 saturated carbocycles. The Bertz CT molecular complexity index is 351. The Hall–Kier alpha value is -0.890. The van der Waals surface area contributed by atoms with E-state index in [1.807, 2.05) is 0 Å². The summed E-state index contributed by atoms with van der Waals surface area (Å²) in [5.41, 5.74) is 0.835. The van der Waals surface area contributed by atoms with Crippen LogP contribution in [0, 0.1) is 0 Å². The van der Waals surface area contributed by atoms with Crippen LogP contribution in [0.5, 0.6) is 0 Å². The van der Waals surface area contributed by atoms with Crippen LogP contribution < -0.4 is 0 Å². The highest BCUT2D eigenvalue weighted by Crippen LogP contribution is 2.29. The number of hydrogen-bond acceptors (Lipinski definition) is 2.